The Morgan fingerprint density at radius 3 is 2.25 bits per heavy atom. The van der Waals surface area contributed by atoms with Crippen molar-refractivity contribution in [2.75, 3.05) is 79.3 Å². The van der Waals surface area contributed by atoms with Gasteiger partial charge < -0.3 is 25.0 Å². The lowest BCUT2D eigenvalue weighted by atomic mass is 10.0. The highest BCUT2D eigenvalue weighted by Gasteiger charge is 2.24. The maximum atomic E-state index is 5.63. The number of ether oxygens (including phenoxy) is 2. The molecule has 0 aromatic rings. The highest BCUT2D eigenvalue weighted by atomic mass is 16.5. The second-order valence-electron chi connectivity index (χ2n) is 7.88. The summed E-state index contributed by atoms with van der Waals surface area (Å²) in [6.07, 6.45) is 2.29. The van der Waals surface area contributed by atoms with Crippen LogP contribution in [0, 0.1) is 5.92 Å². The first kappa shape index (κ1) is 25.1. The molecular weight excluding hydrogens is 354 g/mol. The summed E-state index contributed by atoms with van der Waals surface area (Å²) in [6.45, 7) is 18.7. The molecule has 166 valence electrons. The predicted molar refractivity (Wildman–Crippen MR) is 118 cm³/mol. The Morgan fingerprint density at radius 2 is 1.64 bits per heavy atom. The van der Waals surface area contributed by atoms with Crippen LogP contribution in [0.2, 0.25) is 0 Å². The molecule has 1 unspecified atom stereocenters. The summed E-state index contributed by atoms with van der Waals surface area (Å²) < 4.78 is 11.1. The Morgan fingerprint density at radius 1 is 0.964 bits per heavy atom. The van der Waals surface area contributed by atoms with Gasteiger partial charge >= 0.3 is 0 Å². The van der Waals surface area contributed by atoms with Crippen LogP contribution in [0.25, 0.3) is 0 Å². The van der Waals surface area contributed by atoms with E-state index in [-0.39, 0.29) is 0 Å². The SMILES string of the molecule is CCCCOCCOCCNC(=NCC(C(C)C)N1CCN(C)CC1)NCC. The summed E-state index contributed by atoms with van der Waals surface area (Å²) in [5.74, 6) is 1.47. The normalized spacial score (nSPS) is 17.9. The average molecular weight is 400 g/mol. The van der Waals surface area contributed by atoms with E-state index < -0.39 is 0 Å². The van der Waals surface area contributed by atoms with E-state index in [2.05, 4.69) is 55.2 Å². The largest absolute Gasteiger partial charge is 0.379 e. The van der Waals surface area contributed by atoms with E-state index in [9.17, 15) is 0 Å². The van der Waals surface area contributed by atoms with Crippen LogP contribution >= 0.6 is 0 Å². The molecule has 0 aromatic carbocycles. The predicted octanol–water partition coefficient (Wildman–Crippen LogP) is 1.65. The van der Waals surface area contributed by atoms with E-state index in [0.717, 1.165) is 64.8 Å². The first-order valence-electron chi connectivity index (χ1n) is 11.2. The minimum atomic E-state index is 0.487. The lowest BCUT2D eigenvalue weighted by Crippen LogP contribution is -2.52. The zero-order valence-electron chi connectivity index (χ0n) is 19.0. The topological polar surface area (TPSA) is 61.4 Å². The van der Waals surface area contributed by atoms with Gasteiger partial charge in [-0.15, -0.1) is 0 Å². The van der Waals surface area contributed by atoms with Gasteiger partial charge in [-0.05, 0) is 26.3 Å². The lowest BCUT2D eigenvalue weighted by Gasteiger charge is -2.39. The van der Waals surface area contributed by atoms with E-state index in [0.29, 0.717) is 31.8 Å². The van der Waals surface area contributed by atoms with Crippen LogP contribution in [0.3, 0.4) is 0 Å². The number of rotatable bonds is 14. The maximum absolute atomic E-state index is 5.63. The lowest BCUT2D eigenvalue weighted by molar-refractivity contribution is 0.0487. The van der Waals surface area contributed by atoms with Gasteiger partial charge in [0.1, 0.15) is 0 Å². The fourth-order valence-electron chi connectivity index (χ4n) is 3.24. The molecule has 2 N–H and O–H groups in total. The highest BCUT2D eigenvalue weighted by molar-refractivity contribution is 5.79. The molecule has 0 bridgehead atoms. The molecule has 28 heavy (non-hydrogen) atoms. The third-order valence-corrected chi connectivity index (χ3v) is 5.11. The number of hydrogen-bond donors (Lipinski definition) is 2. The van der Waals surface area contributed by atoms with Crippen LogP contribution in [0.15, 0.2) is 4.99 Å². The molecule has 1 fully saturated rings. The van der Waals surface area contributed by atoms with Crippen LogP contribution in [0.5, 0.6) is 0 Å². The van der Waals surface area contributed by atoms with Crippen molar-refractivity contribution in [1.82, 2.24) is 20.4 Å². The third-order valence-electron chi connectivity index (χ3n) is 5.11. The monoisotopic (exact) mass is 399 g/mol. The van der Waals surface area contributed by atoms with Gasteiger partial charge in [0.05, 0.1) is 26.4 Å². The Bertz CT molecular complexity index is 398. The van der Waals surface area contributed by atoms with Crippen LogP contribution in [0.1, 0.15) is 40.5 Å². The summed E-state index contributed by atoms with van der Waals surface area (Å²) in [4.78, 5) is 9.85. The van der Waals surface area contributed by atoms with Gasteiger partial charge in [-0.3, -0.25) is 9.89 Å². The van der Waals surface area contributed by atoms with E-state index >= 15 is 0 Å². The molecule has 0 radical (unpaired) electrons. The van der Waals surface area contributed by atoms with Gasteiger partial charge in [0.25, 0.3) is 0 Å². The Labute approximate surface area is 173 Å². The Hall–Kier alpha value is -0.890. The molecule has 1 heterocycles. The van der Waals surface area contributed by atoms with Crippen molar-refractivity contribution in [3.05, 3.63) is 0 Å². The van der Waals surface area contributed by atoms with Gasteiger partial charge in [-0.2, -0.15) is 0 Å². The molecule has 1 aliphatic rings. The first-order chi connectivity index (χ1) is 13.6. The summed E-state index contributed by atoms with van der Waals surface area (Å²) in [7, 11) is 2.20. The van der Waals surface area contributed by atoms with Gasteiger partial charge in [0, 0.05) is 51.9 Å². The highest BCUT2D eigenvalue weighted by Crippen LogP contribution is 2.13. The summed E-state index contributed by atoms with van der Waals surface area (Å²) >= 11 is 0. The zero-order valence-corrected chi connectivity index (χ0v) is 19.0. The smallest absolute Gasteiger partial charge is 0.191 e. The van der Waals surface area contributed by atoms with Crippen molar-refractivity contribution in [2.24, 2.45) is 10.9 Å². The fraction of sp³-hybridized carbons (Fsp3) is 0.952. The molecule has 1 rings (SSSR count). The van der Waals surface area contributed by atoms with E-state index in [1.165, 1.54) is 6.42 Å². The van der Waals surface area contributed by atoms with Gasteiger partial charge in [-0.1, -0.05) is 27.2 Å². The molecule has 1 aliphatic heterocycles. The number of nitrogens with one attached hydrogen (secondary N) is 2. The van der Waals surface area contributed by atoms with Gasteiger partial charge in [0.2, 0.25) is 0 Å². The molecular formula is C21H45N5O2. The molecule has 1 saturated heterocycles. The number of piperazine rings is 1. The van der Waals surface area contributed by atoms with Crippen molar-refractivity contribution in [2.45, 2.75) is 46.6 Å². The first-order valence-corrected chi connectivity index (χ1v) is 11.2. The number of nitrogens with zero attached hydrogens (tertiary/aromatic N) is 3. The van der Waals surface area contributed by atoms with Crippen molar-refractivity contribution < 1.29 is 9.47 Å². The number of hydrogen-bond acceptors (Lipinski definition) is 5. The number of aliphatic imine (C=N–C) groups is 1. The van der Waals surface area contributed by atoms with E-state index in [1.54, 1.807) is 0 Å². The molecule has 7 heteroatoms. The summed E-state index contributed by atoms with van der Waals surface area (Å²) in [6, 6.07) is 0.487. The minimum absolute atomic E-state index is 0.487. The molecule has 0 saturated carbocycles. The minimum Gasteiger partial charge on any atom is -0.379 e. The maximum Gasteiger partial charge on any atom is 0.191 e. The quantitative estimate of drug-likeness (QED) is 0.263. The molecule has 0 amide bonds. The third kappa shape index (κ3) is 11.2. The standard InChI is InChI=1S/C21H45N5O2/c1-6-8-14-27-16-17-28-15-9-23-21(22-7-2)24-18-20(19(3)4)26-12-10-25(5)11-13-26/h19-20H,6-18H2,1-5H3,(H2,22,23,24). The molecule has 0 aliphatic carbocycles. The van der Waals surface area contributed by atoms with E-state index in [1.807, 2.05) is 0 Å². The van der Waals surface area contributed by atoms with Gasteiger partial charge in [0.15, 0.2) is 5.96 Å². The van der Waals surface area contributed by atoms with Crippen molar-refractivity contribution >= 4 is 5.96 Å². The molecule has 7 nitrogen and oxygen atoms in total. The number of guanidine groups is 1. The zero-order chi connectivity index (χ0) is 20.6. The Kier molecular flexibility index (Phi) is 14.3. The summed E-state index contributed by atoms with van der Waals surface area (Å²) in [5.41, 5.74) is 0. The molecule has 0 spiro atoms. The van der Waals surface area contributed by atoms with Crippen molar-refractivity contribution in [3.63, 3.8) is 0 Å². The van der Waals surface area contributed by atoms with Crippen LogP contribution < -0.4 is 10.6 Å². The number of likely N-dealkylation sites (N-methyl/N-ethyl adjacent to an activating group) is 1. The second kappa shape index (κ2) is 16.0. The van der Waals surface area contributed by atoms with Crippen LogP contribution in [0.4, 0.5) is 0 Å². The summed E-state index contributed by atoms with van der Waals surface area (Å²) in [5, 5.41) is 6.73. The average Bonchev–Trinajstić information content (AvgIpc) is 2.67. The van der Waals surface area contributed by atoms with Crippen LogP contribution in [-0.4, -0.2) is 101 Å². The van der Waals surface area contributed by atoms with Gasteiger partial charge in [-0.25, -0.2) is 0 Å². The van der Waals surface area contributed by atoms with Crippen molar-refractivity contribution in [1.29, 1.82) is 0 Å². The fourth-order valence-corrected chi connectivity index (χ4v) is 3.24. The Balaban J connectivity index is 2.32. The molecule has 0 aromatic heterocycles. The molecule has 1 atom stereocenters. The van der Waals surface area contributed by atoms with Crippen molar-refractivity contribution in [3.8, 4) is 0 Å². The van der Waals surface area contributed by atoms with E-state index in [4.69, 9.17) is 14.5 Å². The number of unbranched alkanes of at least 4 members (excludes halogenated alkanes) is 1. The van der Waals surface area contributed by atoms with Crippen LogP contribution in [-0.2, 0) is 9.47 Å². The second-order valence-corrected chi connectivity index (χ2v) is 7.88.